The summed E-state index contributed by atoms with van der Waals surface area (Å²) < 4.78 is 16.0. The molecule has 0 aliphatic rings. The lowest BCUT2D eigenvalue weighted by molar-refractivity contribution is -0.150. The number of benzene rings is 2. The number of ether oxygens (including phenoxy) is 3. The lowest BCUT2D eigenvalue weighted by atomic mass is 10.1. The van der Waals surface area contributed by atoms with Gasteiger partial charge in [-0.2, -0.15) is 0 Å². The van der Waals surface area contributed by atoms with Gasteiger partial charge >= 0.3 is 5.97 Å². The summed E-state index contributed by atoms with van der Waals surface area (Å²) in [4.78, 5) is 23.8. The number of hydrogen-bond acceptors (Lipinski definition) is 5. The van der Waals surface area contributed by atoms with Gasteiger partial charge in [-0.1, -0.05) is 42.8 Å². The molecular weight excluding hydrogens is 382 g/mol. The Kier molecular flexibility index (Phi) is 8.62. The highest BCUT2D eigenvalue weighted by molar-refractivity contribution is 6.30. The quantitative estimate of drug-likeness (QED) is 0.606. The van der Waals surface area contributed by atoms with Crippen molar-refractivity contribution in [2.75, 3.05) is 19.8 Å². The van der Waals surface area contributed by atoms with Crippen LogP contribution in [-0.4, -0.2) is 31.7 Å². The molecule has 0 aromatic heterocycles. The van der Waals surface area contributed by atoms with Gasteiger partial charge in [0.25, 0.3) is 5.91 Å². The molecule has 0 bridgehead atoms. The van der Waals surface area contributed by atoms with E-state index in [2.05, 4.69) is 5.32 Å². The fraction of sp³-hybridized carbons (Fsp3) is 0.333. The monoisotopic (exact) mass is 405 g/mol. The predicted octanol–water partition coefficient (Wildman–Crippen LogP) is 3.93. The fourth-order valence-corrected chi connectivity index (χ4v) is 2.57. The molecule has 0 saturated heterocycles. The van der Waals surface area contributed by atoms with Crippen molar-refractivity contribution in [3.05, 3.63) is 59.1 Å². The number of carbonyl (C=O) groups excluding carboxylic acids is 2. The van der Waals surface area contributed by atoms with Crippen molar-refractivity contribution in [2.24, 2.45) is 0 Å². The summed E-state index contributed by atoms with van der Waals surface area (Å²) in [5.74, 6) is -0.0412. The van der Waals surface area contributed by atoms with Crippen LogP contribution in [0.4, 0.5) is 0 Å². The molecule has 0 radical (unpaired) electrons. The van der Waals surface area contributed by atoms with E-state index in [1.54, 1.807) is 36.4 Å². The van der Waals surface area contributed by atoms with E-state index >= 15 is 0 Å². The molecule has 2 rings (SSSR count). The molecule has 150 valence electrons. The first-order valence-corrected chi connectivity index (χ1v) is 9.42. The lowest BCUT2D eigenvalue weighted by Crippen LogP contribution is -2.32. The molecule has 1 amide bonds. The smallest absolute Gasteiger partial charge is 0.344 e. The Morgan fingerprint density at radius 1 is 1.04 bits per heavy atom. The number of para-hydroxylation sites is 2. The summed E-state index contributed by atoms with van der Waals surface area (Å²) in [6, 6.07) is 14.0. The SMILES string of the molecule is CCCOc1ccccc1OCC(=O)OCC(=O)N[C@@H](C)c1cccc(Cl)c1. The van der Waals surface area contributed by atoms with E-state index in [9.17, 15) is 9.59 Å². The molecule has 0 aliphatic heterocycles. The molecular formula is C21H24ClNO5. The highest BCUT2D eigenvalue weighted by Crippen LogP contribution is 2.26. The van der Waals surface area contributed by atoms with Crippen LogP contribution >= 0.6 is 11.6 Å². The molecule has 0 aliphatic carbocycles. The average molecular weight is 406 g/mol. The number of hydrogen-bond donors (Lipinski definition) is 1. The molecule has 7 heteroatoms. The van der Waals surface area contributed by atoms with Gasteiger partial charge in [0.1, 0.15) is 0 Å². The second-order valence-corrected chi connectivity index (χ2v) is 6.53. The number of esters is 1. The largest absolute Gasteiger partial charge is 0.490 e. The summed E-state index contributed by atoms with van der Waals surface area (Å²) in [5, 5.41) is 3.34. The van der Waals surface area contributed by atoms with Crippen molar-refractivity contribution in [1.82, 2.24) is 5.32 Å². The van der Waals surface area contributed by atoms with Gasteiger partial charge < -0.3 is 19.5 Å². The maximum absolute atomic E-state index is 12.0. The molecule has 0 unspecified atom stereocenters. The van der Waals surface area contributed by atoms with Crippen LogP contribution in [0.3, 0.4) is 0 Å². The van der Waals surface area contributed by atoms with Crippen molar-refractivity contribution >= 4 is 23.5 Å². The van der Waals surface area contributed by atoms with Crippen LogP contribution in [0, 0.1) is 0 Å². The molecule has 0 fully saturated rings. The predicted molar refractivity (Wildman–Crippen MR) is 107 cm³/mol. The topological polar surface area (TPSA) is 73.9 Å². The van der Waals surface area contributed by atoms with Gasteiger partial charge in [0.15, 0.2) is 24.7 Å². The standard InChI is InChI=1S/C21H24ClNO5/c1-3-11-26-18-9-4-5-10-19(18)27-14-21(25)28-13-20(24)23-15(2)16-7-6-8-17(22)12-16/h4-10,12,15H,3,11,13-14H2,1-2H3,(H,23,24)/t15-/m0/s1. The van der Waals surface area contributed by atoms with E-state index in [4.69, 9.17) is 25.8 Å². The first kappa shape index (κ1) is 21.6. The first-order valence-electron chi connectivity index (χ1n) is 9.04. The number of amides is 1. The molecule has 6 nitrogen and oxygen atoms in total. The van der Waals surface area contributed by atoms with Crippen molar-refractivity contribution in [2.45, 2.75) is 26.3 Å². The Morgan fingerprint density at radius 2 is 1.75 bits per heavy atom. The van der Waals surface area contributed by atoms with Gasteiger partial charge in [-0.05, 0) is 43.2 Å². The Bertz CT molecular complexity index is 796. The summed E-state index contributed by atoms with van der Waals surface area (Å²) in [7, 11) is 0. The van der Waals surface area contributed by atoms with Crippen LogP contribution in [0.25, 0.3) is 0 Å². The normalized spacial score (nSPS) is 11.4. The zero-order valence-electron chi connectivity index (χ0n) is 15.9. The van der Waals surface area contributed by atoms with E-state index in [0.717, 1.165) is 12.0 Å². The van der Waals surface area contributed by atoms with E-state index in [1.807, 2.05) is 26.0 Å². The van der Waals surface area contributed by atoms with Crippen LogP contribution in [0.1, 0.15) is 31.9 Å². The number of rotatable bonds is 10. The summed E-state index contributed by atoms with van der Waals surface area (Å²) >= 11 is 5.95. The first-order chi connectivity index (χ1) is 13.5. The molecule has 2 aromatic carbocycles. The van der Waals surface area contributed by atoms with Gasteiger partial charge in [-0.15, -0.1) is 0 Å². The van der Waals surface area contributed by atoms with Gasteiger partial charge in [0.2, 0.25) is 0 Å². The molecule has 2 aromatic rings. The Hall–Kier alpha value is -2.73. The van der Waals surface area contributed by atoms with Crippen molar-refractivity contribution in [1.29, 1.82) is 0 Å². The van der Waals surface area contributed by atoms with Crippen molar-refractivity contribution in [3.8, 4) is 11.5 Å². The Labute approximate surface area is 169 Å². The van der Waals surface area contributed by atoms with Crippen LogP contribution in [0.15, 0.2) is 48.5 Å². The molecule has 0 spiro atoms. The second kappa shape index (κ2) is 11.2. The summed E-state index contributed by atoms with van der Waals surface area (Å²) in [5.41, 5.74) is 0.860. The molecule has 0 saturated carbocycles. The molecule has 1 atom stereocenters. The third-order valence-corrected chi connectivity index (χ3v) is 3.98. The second-order valence-electron chi connectivity index (χ2n) is 6.09. The van der Waals surface area contributed by atoms with Crippen molar-refractivity contribution < 1.29 is 23.8 Å². The van der Waals surface area contributed by atoms with Crippen molar-refractivity contribution in [3.63, 3.8) is 0 Å². The molecule has 28 heavy (non-hydrogen) atoms. The average Bonchev–Trinajstić information content (AvgIpc) is 2.69. The van der Waals surface area contributed by atoms with Gasteiger partial charge in [0.05, 0.1) is 12.6 Å². The van der Waals surface area contributed by atoms with Crippen LogP contribution in [0.5, 0.6) is 11.5 Å². The van der Waals surface area contributed by atoms with Crippen LogP contribution < -0.4 is 14.8 Å². The number of carbonyl (C=O) groups is 2. The molecule has 1 N–H and O–H groups in total. The highest BCUT2D eigenvalue weighted by atomic mass is 35.5. The number of halogens is 1. The minimum Gasteiger partial charge on any atom is -0.490 e. The van der Waals surface area contributed by atoms with E-state index in [-0.39, 0.29) is 19.3 Å². The van der Waals surface area contributed by atoms with Crippen LogP contribution in [-0.2, 0) is 14.3 Å². The Morgan fingerprint density at radius 3 is 2.43 bits per heavy atom. The summed E-state index contributed by atoms with van der Waals surface area (Å²) in [6.45, 7) is 3.67. The highest BCUT2D eigenvalue weighted by Gasteiger charge is 2.13. The fourth-order valence-electron chi connectivity index (χ4n) is 2.37. The maximum atomic E-state index is 12.0. The minimum absolute atomic E-state index is 0.260. The maximum Gasteiger partial charge on any atom is 0.344 e. The van der Waals surface area contributed by atoms with E-state index < -0.39 is 11.9 Å². The number of nitrogens with one attached hydrogen (secondary N) is 1. The third-order valence-electron chi connectivity index (χ3n) is 3.75. The molecule has 0 heterocycles. The summed E-state index contributed by atoms with van der Waals surface area (Å²) in [6.07, 6.45) is 0.860. The minimum atomic E-state index is -0.643. The van der Waals surface area contributed by atoms with Crippen LogP contribution in [0.2, 0.25) is 5.02 Å². The van der Waals surface area contributed by atoms with Gasteiger partial charge in [-0.25, -0.2) is 4.79 Å². The Balaban J connectivity index is 1.76. The van der Waals surface area contributed by atoms with E-state index in [1.165, 1.54) is 0 Å². The van der Waals surface area contributed by atoms with E-state index in [0.29, 0.717) is 23.1 Å². The lowest BCUT2D eigenvalue weighted by Gasteiger charge is -2.15. The van der Waals surface area contributed by atoms with Gasteiger partial charge in [-0.3, -0.25) is 4.79 Å². The zero-order chi connectivity index (χ0) is 20.4. The zero-order valence-corrected chi connectivity index (χ0v) is 16.7. The van der Waals surface area contributed by atoms with Gasteiger partial charge in [0, 0.05) is 5.02 Å². The third kappa shape index (κ3) is 7.12.